The number of nitrogens with zero attached hydrogens (tertiary/aromatic N) is 3. The monoisotopic (exact) mass is 392 g/mol. The molecule has 0 fully saturated rings. The molecule has 4 rings (SSSR count). The number of anilines is 3. The van der Waals surface area contributed by atoms with E-state index in [9.17, 15) is 0 Å². The van der Waals surface area contributed by atoms with E-state index in [0.29, 0.717) is 5.95 Å². The summed E-state index contributed by atoms with van der Waals surface area (Å²) in [4.78, 5) is 11.4. The van der Waals surface area contributed by atoms with Crippen LogP contribution in [0.1, 0.15) is 11.1 Å². The van der Waals surface area contributed by atoms with E-state index in [-0.39, 0.29) is 0 Å². The van der Waals surface area contributed by atoms with Crippen LogP contribution in [0.2, 0.25) is 0 Å². The maximum atomic E-state index is 5.45. The number of aromatic nitrogens is 2. The zero-order valence-corrected chi connectivity index (χ0v) is 16.8. The van der Waals surface area contributed by atoms with Crippen molar-refractivity contribution in [3.63, 3.8) is 0 Å². The van der Waals surface area contributed by atoms with Crippen LogP contribution in [-0.2, 0) is 13.0 Å². The molecular weight excluding hydrogens is 368 g/mol. The molecule has 0 unspecified atom stereocenters. The van der Waals surface area contributed by atoms with Gasteiger partial charge in [-0.25, -0.2) is 4.98 Å². The van der Waals surface area contributed by atoms with Gasteiger partial charge in [0.2, 0.25) is 5.95 Å². The van der Waals surface area contributed by atoms with Gasteiger partial charge in [0.15, 0.2) is 11.5 Å². The predicted molar refractivity (Wildman–Crippen MR) is 113 cm³/mol. The minimum atomic E-state index is 0.693. The molecule has 7 nitrogen and oxygen atoms in total. The summed E-state index contributed by atoms with van der Waals surface area (Å²) in [5, 5.41) is 3.32. The molecule has 0 aliphatic carbocycles. The second kappa shape index (κ2) is 8.26. The summed E-state index contributed by atoms with van der Waals surface area (Å²) in [6.45, 7) is 1.56. The standard InChI is InChI=1S/C22H24N4O3/c1-27-18-6-4-5-17(13-18)24-21-7-9-23-22(25-21)26-10-8-15-11-19(28-2)20(29-3)12-16(15)14-26/h4-7,9,11-13H,8,10,14H2,1-3H3,(H,23,24,25). The quantitative estimate of drug-likeness (QED) is 0.684. The van der Waals surface area contributed by atoms with Crippen molar-refractivity contribution in [1.82, 2.24) is 9.97 Å². The zero-order valence-electron chi connectivity index (χ0n) is 16.8. The third-order valence-electron chi connectivity index (χ3n) is 4.99. The highest BCUT2D eigenvalue weighted by Crippen LogP contribution is 2.34. The minimum Gasteiger partial charge on any atom is -0.497 e. The molecule has 2 heterocycles. The fourth-order valence-electron chi connectivity index (χ4n) is 3.47. The average Bonchev–Trinajstić information content (AvgIpc) is 2.78. The smallest absolute Gasteiger partial charge is 0.227 e. The largest absolute Gasteiger partial charge is 0.497 e. The molecule has 0 bridgehead atoms. The van der Waals surface area contributed by atoms with Gasteiger partial charge in [0.05, 0.1) is 21.3 Å². The Labute approximate surface area is 170 Å². The topological polar surface area (TPSA) is 68.7 Å². The first kappa shape index (κ1) is 18.9. The fraction of sp³-hybridized carbons (Fsp3) is 0.273. The van der Waals surface area contributed by atoms with Gasteiger partial charge >= 0.3 is 0 Å². The fourth-order valence-corrected chi connectivity index (χ4v) is 3.47. The van der Waals surface area contributed by atoms with E-state index in [1.54, 1.807) is 27.5 Å². The van der Waals surface area contributed by atoms with Crippen molar-refractivity contribution in [2.45, 2.75) is 13.0 Å². The Kier molecular flexibility index (Phi) is 5.37. The van der Waals surface area contributed by atoms with Crippen molar-refractivity contribution >= 4 is 17.5 Å². The molecular formula is C22H24N4O3. The van der Waals surface area contributed by atoms with Crippen molar-refractivity contribution in [3.8, 4) is 17.2 Å². The lowest BCUT2D eigenvalue weighted by molar-refractivity contribution is 0.353. The Bertz CT molecular complexity index is 1010. The summed E-state index contributed by atoms with van der Waals surface area (Å²) in [5.74, 6) is 3.73. The van der Waals surface area contributed by atoms with Gasteiger partial charge in [0.1, 0.15) is 11.6 Å². The van der Waals surface area contributed by atoms with Crippen LogP contribution in [0.4, 0.5) is 17.5 Å². The number of ether oxygens (including phenoxy) is 3. The molecule has 1 N–H and O–H groups in total. The highest BCUT2D eigenvalue weighted by molar-refractivity contribution is 5.59. The van der Waals surface area contributed by atoms with Crippen LogP contribution in [0, 0.1) is 0 Å². The molecule has 3 aromatic rings. The lowest BCUT2D eigenvalue weighted by Gasteiger charge is -2.29. The molecule has 7 heteroatoms. The van der Waals surface area contributed by atoms with E-state index in [1.807, 2.05) is 36.4 Å². The summed E-state index contributed by atoms with van der Waals surface area (Å²) >= 11 is 0. The molecule has 1 aromatic heterocycles. The Morgan fingerprint density at radius 3 is 2.48 bits per heavy atom. The predicted octanol–water partition coefficient (Wildman–Crippen LogP) is 3.81. The first-order valence-corrected chi connectivity index (χ1v) is 9.43. The molecule has 2 aromatic carbocycles. The molecule has 1 aliphatic rings. The SMILES string of the molecule is COc1cccc(Nc2ccnc(N3CCc4cc(OC)c(OC)cc4C3)n2)c1. The zero-order chi connectivity index (χ0) is 20.2. The van der Waals surface area contributed by atoms with E-state index in [0.717, 1.165) is 48.3 Å². The molecule has 0 amide bonds. The number of hydrogen-bond acceptors (Lipinski definition) is 7. The van der Waals surface area contributed by atoms with Gasteiger partial charge in [0.25, 0.3) is 0 Å². The summed E-state index contributed by atoms with van der Waals surface area (Å²) in [5.41, 5.74) is 3.38. The highest BCUT2D eigenvalue weighted by Gasteiger charge is 2.21. The third kappa shape index (κ3) is 4.03. The average molecular weight is 392 g/mol. The molecule has 0 atom stereocenters. The summed E-state index contributed by atoms with van der Waals surface area (Å²) < 4.78 is 16.2. The third-order valence-corrected chi connectivity index (χ3v) is 4.99. The highest BCUT2D eigenvalue weighted by atomic mass is 16.5. The Hall–Kier alpha value is -3.48. The second-order valence-electron chi connectivity index (χ2n) is 6.75. The van der Waals surface area contributed by atoms with Crippen molar-refractivity contribution in [3.05, 3.63) is 59.8 Å². The maximum Gasteiger partial charge on any atom is 0.227 e. The van der Waals surface area contributed by atoms with Gasteiger partial charge in [0, 0.05) is 31.0 Å². The van der Waals surface area contributed by atoms with Crippen molar-refractivity contribution in [2.24, 2.45) is 0 Å². The molecule has 0 radical (unpaired) electrons. The normalized spacial score (nSPS) is 12.9. The van der Waals surface area contributed by atoms with E-state index in [4.69, 9.17) is 19.2 Å². The summed E-state index contributed by atoms with van der Waals surface area (Å²) in [6.07, 6.45) is 2.67. The van der Waals surface area contributed by atoms with Crippen LogP contribution < -0.4 is 24.4 Å². The van der Waals surface area contributed by atoms with Crippen molar-refractivity contribution < 1.29 is 14.2 Å². The van der Waals surface area contributed by atoms with Gasteiger partial charge in [-0.05, 0) is 47.9 Å². The molecule has 0 saturated carbocycles. The summed E-state index contributed by atoms with van der Waals surface area (Å²) in [7, 11) is 4.97. The minimum absolute atomic E-state index is 0.693. The van der Waals surface area contributed by atoms with Crippen molar-refractivity contribution in [1.29, 1.82) is 0 Å². The number of methoxy groups -OCH3 is 3. The van der Waals surface area contributed by atoms with E-state index in [1.165, 1.54) is 11.1 Å². The van der Waals surface area contributed by atoms with Gasteiger partial charge in [-0.15, -0.1) is 0 Å². The van der Waals surface area contributed by atoms with Crippen LogP contribution in [0.15, 0.2) is 48.7 Å². The molecule has 150 valence electrons. The number of hydrogen-bond donors (Lipinski definition) is 1. The maximum absolute atomic E-state index is 5.45. The number of nitrogens with one attached hydrogen (secondary N) is 1. The van der Waals surface area contributed by atoms with E-state index in [2.05, 4.69) is 21.3 Å². The second-order valence-corrected chi connectivity index (χ2v) is 6.75. The van der Waals surface area contributed by atoms with Crippen LogP contribution in [0.5, 0.6) is 17.2 Å². The lowest BCUT2D eigenvalue weighted by atomic mass is 9.99. The van der Waals surface area contributed by atoms with E-state index < -0.39 is 0 Å². The van der Waals surface area contributed by atoms with Gasteiger partial charge in [-0.2, -0.15) is 4.98 Å². The summed E-state index contributed by atoms with van der Waals surface area (Å²) in [6, 6.07) is 13.7. The van der Waals surface area contributed by atoms with Crippen LogP contribution >= 0.6 is 0 Å². The van der Waals surface area contributed by atoms with Gasteiger partial charge < -0.3 is 24.4 Å². The first-order chi connectivity index (χ1) is 14.2. The Morgan fingerprint density at radius 1 is 0.931 bits per heavy atom. The molecule has 0 saturated heterocycles. The van der Waals surface area contributed by atoms with E-state index >= 15 is 0 Å². The number of rotatable bonds is 6. The molecule has 0 spiro atoms. The van der Waals surface area contributed by atoms with Crippen molar-refractivity contribution in [2.75, 3.05) is 38.1 Å². The molecule has 1 aliphatic heterocycles. The van der Waals surface area contributed by atoms with Crippen LogP contribution in [-0.4, -0.2) is 37.8 Å². The van der Waals surface area contributed by atoms with Crippen LogP contribution in [0.25, 0.3) is 0 Å². The Balaban J connectivity index is 1.54. The number of fused-ring (bicyclic) bond motifs is 1. The Morgan fingerprint density at radius 2 is 1.72 bits per heavy atom. The van der Waals surface area contributed by atoms with Gasteiger partial charge in [-0.1, -0.05) is 6.07 Å². The van der Waals surface area contributed by atoms with Gasteiger partial charge in [-0.3, -0.25) is 0 Å². The lowest BCUT2D eigenvalue weighted by Crippen LogP contribution is -2.31. The van der Waals surface area contributed by atoms with Crippen LogP contribution in [0.3, 0.4) is 0 Å². The first-order valence-electron chi connectivity index (χ1n) is 9.43. The molecule has 29 heavy (non-hydrogen) atoms. The number of benzene rings is 2.